The second-order valence-electron chi connectivity index (χ2n) is 9.10. The van der Waals surface area contributed by atoms with Gasteiger partial charge in [0.05, 0.1) is 0 Å². The summed E-state index contributed by atoms with van der Waals surface area (Å²) >= 11 is 0. The molecule has 1 aliphatic rings. The van der Waals surface area contributed by atoms with Crippen LogP contribution in [0.4, 0.5) is 4.39 Å². The number of nitrogens with zero attached hydrogens (tertiary/aromatic N) is 1. The molecular formula is C26H32FN3O3. The van der Waals surface area contributed by atoms with Gasteiger partial charge < -0.3 is 15.5 Å². The first-order chi connectivity index (χ1) is 15.7. The molecule has 176 valence electrons. The fourth-order valence-electron chi connectivity index (χ4n) is 3.98. The van der Waals surface area contributed by atoms with Crippen molar-refractivity contribution in [2.75, 3.05) is 19.6 Å². The average Bonchev–Trinajstić information content (AvgIpc) is 2.81. The van der Waals surface area contributed by atoms with Gasteiger partial charge in [-0.2, -0.15) is 0 Å². The Morgan fingerprint density at radius 3 is 2.30 bits per heavy atom. The van der Waals surface area contributed by atoms with Gasteiger partial charge in [-0.15, -0.1) is 0 Å². The maximum atomic E-state index is 13.5. The zero-order valence-electron chi connectivity index (χ0n) is 19.4. The summed E-state index contributed by atoms with van der Waals surface area (Å²) in [5.41, 5.74) is 1.86. The molecule has 2 aromatic carbocycles. The number of hydrogen-bond donors (Lipinski definition) is 2. The maximum absolute atomic E-state index is 13.5. The van der Waals surface area contributed by atoms with Crippen molar-refractivity contribution in [3.8, 4) is 0 Å². The summed E-state index contributed by atoms with van der Waals surface area (Å²) in [7, 11) is 0. The maximum Gasteiger partial charge on any atom is 0.253 e. The molecule has 33 heavy (non-hydrogen) atoms. The molecule has 7 heteroatoms. The third-order valence-electron chi connectivity index (χ3n) is 5.94. The highest BCUT2D eigenvalue weighted by molar-refractivity contribution is 5.97. The van der Waals surface area contributed by atoms with Crippen molar-refractivity contribution in [1.82, 2.24) is 15.5 Å². The number of amides is 3. The molecule has 3 rings (SSSR count). The molecule has 1 aliphatic heterocycles. The molecule has 3 amide bonds. The molecule has 1 atom stereocenters. The Morgan fingerprint density at radius 1 is 1.03 bits per heavy atom. The number of carbonyl (C=O) groups is 3. The highest BCUT2D eigenvalue weighted by Gasteiger charge is 2.34. The molecule has 1 fully saturated rings. The Kier molecular flexibility index (Phi) is 8.20. The van der Waals surface area contributed by atoms with Crippen LogP contribution in [-0.4, -0.2) is 48.3 Å². The van der Waals surface area contributed by atoms with Gasteiger partial charge in [0.2, 0.25) is 5.91 Å². The Labute approximate surface area is 194 Å². The molecule has 1 saturated heterocycles. The Balaban J connectivity index is 1.68. The SMILES string of the molecule is Cc1ccc(C(=O)N[C@@H](C(=O)NCC(C)C)C2CCN(C(=O)c3cccc(F)c3)CC2)cc1. The summed E-state index contributed by atoms with van der Waals surface area (Å²) in [5.74, 6) is -0.998. The van der Waals surface area contributed by atoms with Crippen LogP contribution in [0, 0.1) is 24.6 Å². The van der Waals surface area contributed by atoms with E-state index in [0.29, 0.717) is 43.6 Å². The van der Waals surface area contributed by atoms with Crippen LogP contribution in [-0.2, 0) is 4.79 Å². The number of likely N-dealkylation sites (tertiary alicyclic amines) is 1. The van der Waals surface area contributed by atoms with Crippen LogP contribution in [0.5, 0.6) is 0 Å². The monoisotopic (exact) mass is 453 g/mol. The molecule has 0 aromatic heterocycles. The van der Waals surface area contributed by atoms with Gasteiger partial charge >= 0.3 is 0 Å². The van der Waals surface area contributed by atoms with Crippen LogP contribution in [0.2, 0.25) is 0 Å². The fraction of sp³-hybridized carbons (Fsp3) is 0.423. The molecule has 0 spiro atoms. The van der Waals surface area contributed by atoms with E-state index in [1.807, 2.05) is 32.9 Å². The Hall–Kier alpha value is -3.22. The summed E-state index contributed by atoms with van der Waals surface area (Å²) in [6.45, 7) is 7.37. The van der Waals surface area contributed by atoms with Crippen molar-refractivity contribution in [2.24, 2.45) is 11.8 Å². The van der Waals surface area contributed by atoms with Gasteiger partial charge in [-0.1, -0.05) is 37.6 Å². The van der Waals surface area contributed by atoms with Crippen molar-refractivity contribution in [2.45, 2.75) is 39.7 Å². The first-order valence-electron chi connectivity index (χ1n) is 11.4. The molecule has 0 aliphatic carbocycles. The van der Waals surface area contributed by atoms with Crippen LogP contribution in [0.25, 0.3) is 0 Å². The third-order valence-corrected chi connectivity index (χ3v) is 5.94. The highest BCUT2D eigenvalue weighted by Crippen LogP contribution is 2.23. The van der Waals surface area contributed by atoms with E-state index in [0.717, 1.165) is 5.56 Å². The number of piperidine rings is 1. The van der Waals surface area contributed by atoms with Gasteiger partial charge in [-0.05, 0) is 61.9 Å². The van der Waals surface area contributed by atoms with E-state index in [-0.39, 0.29) is 29.6 Å². The first kappa shape index (κ1) is 24.4. The van der Waals surface area contributed by atoms with Gasteiger partial charge in [-0.25, -0.2) is 4.39 Å². The van der Waals surface area contributed by atoms with E-state index in [2.05, 4.69) is 10.6 Å². The van der Waals surface area contributed by atoms with E-state index >= 15 is 0 Å². The smallest absolute Gasteiger partial charge is 0.253 e. The van der Waals surface area contributed by atoms with Crippen LogP contribution < -0.4 is 10.6 Å². The molecule has 0 saturated carbocycles. The number of benzene rings is 2. The lowest BCUT2D eigenvalue weighted by Gasteiger charge is -2.36. The van der Waals surface area contributed by atoms with E-state index < -0.39 is 11.9 Å². The van der Waals surface area contributed by atoms with E-state index in [1.54, 1.807) is 23.1 Å². The molecule has 2 N–H and O–H groups in total. The van der Waals surface area contributed by atoms with E-state index in [1.165, 1.54) is 18.2 Å². The summed E-state index contributed by atoms with van der Waals surface area (Å²) in [5, 5.41) is 5.86. The van der Waals surface area contributed by atoms with Gasteiger partial charge in [0.15, 0.2) is 0 Å². The standard InChI is InChI=1S/C26H32FN3O3/c1-17(2)16-28-25(32)23(29-24(31)20-9-7-18(3)8-10-20)19-11-13-30(14-12-19)26(33)21-5-4-6-22(27)15-21/h4-10,15,17,19,23H,11-14,16H2,1-3H3,(H,28,32)(H,29,31)/t23-/m1/s1. The lowest BCUT2D eigenvalue weighted by Crippen LogP contribution is -2.54. The minimum Gasteiger partial charge on any atom is -0.354 e. The topological polar surface area (TPSA) is 78.5 Å². The zero-order chi connectivity index (χ0) is 24.0. The summed E-state index contributed by atoms with van der Waals surface area (Å²) in [6, 6.07) is 12.2. The average molecular weight is 454 g/mol. The van der Waals surface area contributed by atoms with Crippen molar-refractivity contribution >= 4 is 17.7 Å². The molecule has 1 heterocycles. The second kappa shape index (κ2) is 11.1. The van der Waals surface area contributed by atoms with E-state index in [9.17, 15) is 18.8 Å². The summed E-state index contributed by atoms with van der Waals surface area (Å²) in [4.78, 5) is 40.3. The van der Waals surface area contributed by atoms with E-state index in [4.69, 9.17) is 0 Å². The fourth-order valence-corrected chi connectivity index (χ4v) is 3.98. The molecule has 0 unspecified atom stereocenters. The third kappa shape index (κ3) is 6.63. The van der Waals surface area contributed by atoms with Gasteiger partial charge in [0.25, 0.3) is 11.8 Å². The van der Waals surface area contributed by atoms with Crippen molar-refractivity contribution in [1.29, 1.82) is 0 Å². The molecule has 6 nitrogen and oxygen atoms in total. The van der Waals surface area contributed by atoms with Crippen molar-refractivity contribution in [3.05, 3.63) is 71.0 Å². The number of hydrogen-bond acceptors (Lipinski definition) is 3. The molecule has 0 bridgehead atoms. The summed E-state index contributed by atoms with van der Waals surface area (Å²) < 4.78 is 13.5. The predicted molar refractivity (Wildman–Crippen MR) is 125 cm³/mol. The lowest BCUT2D eigenvalue weighted by molar-refractivity contribution is -0.124. The minimum absolute atomic E-state index is 0.108. The largest absolute Gasteiger partial charge is 0.354 e. The van der Waals surface area contributed by atoms with Gasteiger partial charge in [0.1, 0.15) is 11.9 Å². The number of carbonyl (C=O) groups excluding carboxylic acids is 3. The lowest BCUT2D eigenvalue weighted by atomic mass is 9.88. The van der Waals surface area contributed by atoms with Gasteiger partial charge in [0, 0.05) is 30.8 Å². The van der Waals surface area contributed by atoms with Crippen LogP contribution in [0.1, 0.15) is 53.0 Å². The van der Waals surface area contributed by atoms with Crippen LogP contribution in [0.3, 0.4) is 0 Å². The second-order valence-corrected chi connectivity index (χ2v) is 9.10. The molecule has 0 radical (unpaired) electrons. The summed E-state index contributed by atoms with van der Waals surface area (Å²) in [6.07, 6.45) is 1.13. The number of rotatable bonds is 7. The predicted octanol–water partition coefficient (Wildman–Crippen LogP) is 3.56. The normalized spacial score (nSPS) is 15.2. The number of halogens is 1. The first-order valence-corrected chi connectivity index (χ1v) is 11.4. The molecular weight excluding hydrogens is 421 g/mol. The Morgan fingerprint density at radius 2 is 1.70 bits per heavy atom. The van der Waals surface area contributed by atoms with Crippen LogP contribution in [0.15, 0.2) is 48.5 Å². The van der Waals surface area contributed by atoms with Crippen LogP contribution >= 0.6 is 0 Å². The van der Waals surface area contributed by atoms with Crippen molar-refractivity contribution < 1.29 is 18.8 Å². The molecule has 2 aromatic rings. The Bertz CT molecular complexity index is 983. The van der Waals surface area contributed by atoms with Gasteiger partial charge in [-0.3, -0.25) is 14.4 Å². The highest BCUT2D eigenvalue weighted by atomic mass is 19.1. The van der Waals surface area contributed by atoms with Crippen molar-refractivity contribution in [3.63, 3.8) is 0 Å². The number of nitrogens with one attached hydrogen (secondary N) is 2. The zero-order valence-corrected chi connectivity index (χ0v) is 19.4. The minimum atomic E-state index is -0.691. The quantitative estimate of drug-likeness (QED) is 0.673. The number of aryl methyl sites for hydroxylation is 1.